The molecule has 2 aliphatic rings. The standard InChI is InChI=1S/C15H28N2O/c1-4-12-7-8-13(11(12)3)17-15(18)14-10(2)6-5-9-16-14/h10-14,16H,4-9H2,1-3H3,(H,17,18). The Morgan fingerprint density at radius 3 is 2.67 bits per heavy atom. The summed E-state index contributed by atoms with van der Waals surface area (Å²) in [6.07, 6.45) is 6.04. The van der Waals surface area contributed by atoms with Crippen LogP contribution in [0.4, 0.5) is 0 Å². The van der Waals surface area contributed by atoms with E-state index in [1.165, 1.54) is 25.7 Å². The average molecular weight is 252 g/mol. The van der Waals surface area contributed by atoms with Crippen molar-refractivity contribution in [1.82, 2.24) is 10.6 Å². The zero-order valence-corrected chi connectivity index (χ0v) is 12.0. The van der Waals surface area contributed by atoms with Crippen molar-refractivity contribution in [3.8, 4) is 0 Å². The van der Waals surface area contributed by atoms with Crippen molar-refractivity contribution < 1.29 is 4.79 Å². The highest BCUT2D eigenvalue weighted by atomic mass is 16.2. The number of hydrogen-bond acceptors (Lipinski definition) is 2. The number of piperidine rings is 1. The summed E-state index contributed by atoms with van der Waals surface area (Å²) >= 11 is 0. The smallest absolute Gasteiger partial charge is 0.237 e. The van der Waals surface area contributed by atoms with Crippen LogP contribution in [0.2, 0.25) is 0 Å². The summed E-state index contributed by atoms with van der Waals surface area (Å²) in [5, 5.41) is 6.66. The van der Waals surface area contributed by atoms with Gasteiger partial charge in [0.15, 0.2) is 0 Å². The van der Waals surface area contributed by atoms with Crippen LogP contribution in [0.5, 0.6) is 0 Å². The van der Waals surface area contributed by atoms with Crippen molar-refractivity contribution in [3.05, 3.63) is 0 Å². The first-order valence-electron chi connectivity index (χ1n) is 7.67. The van der Waals surface area contributed by atoms with E-state index in [0.717, 1.165) is 18.9 Å². The van der Waals surface area contributed by atoms with Gasteiger partial charge in [0.25, 0.3) is 0 Å². The number of carbonyl (C=O) groups is 1. The maximum atomic E-state index is 12.3. The number of nitrogens with one attached hydrogen (secondary N) is 2. The van der Waals surface area contributed by atoms with Crippen molar-refractivity contribution in [2.24, 2.45) is 17.8 Å². The van der Waals surface area contributed by atoms with E-state index in [-0.39, 0.29) is 11.9 Å². The second-order valence-electron chi connectivity index (χ2n) is 6.27. The molecule has 2 fully saturated rings. The Labute approximate surface area is 111 Å². The van der Waals surface area contributed by atoms with Gasteiger partial charge in [-0.1, -0.05) is 27.2 Å². The van der Waals surface area contributed by atoms with Gasteiger partial charge in [-0.25, -0.2) is 0 Å². The molecule has 1 heterocycles. The van der Waals surface area contributed by atoms with Crippen LogP contribution in [-0.4, -0.2) is 24.5 Å². The average Bonchev–Trinajstić information content (AvgIpc) is 2.71. The molecule has 1 aliphatic heterocycles. The third-order valence-electron chi connectivity index (χ3n) is 5.13. The van der Waals surface area contributed by atoms with Gasteiger partial charge < -0.3 is 10.6 Å². The molecule has 18 heavy (non-hydrogen) atoms. The Bertz CT molecular complexity index is 292. The minimum Gasteiger partial charge on any atom is -0.352 e. The summed E-state index contributed by atoms with van der Waals surface area (Å²) in [6, 6.07) is 0.435. The monoisotopic (exact) mass is 252 g/mol. The normalized spacial score (nSPS) is 40.7. The van der Waals surface area contributed by atoms with Crippen LogP contribution >= 0.6 is 0 Å². The van der Waals surface area contributed by atoms with Gasteiger partial charge in [-0.05, 0) is 50.0 Å². The van der Waals surface area contributed by atoms with Crippen LogP contribution in [0.25, 0.3) is 0 Å². The largest absolute Gasteiger partial charge is 0.352 e. The van der Waals surface area contributed by atoms with E-state index in [4.69, 9.17) is 0 Å². The van der Waals surface area contributed by atoms with Gasteiger partial charge in [0.05, 0.1) is 6.04 Å². The fraction of sp³-hybridized carbons (Fsp3) is 0.933. The molecule has 1 saturated heterocycles. The molecule has 5 unspecified atom stereocenters. The van der Waals surface area contributed by atoms with Crippen LogP contribution in [0.3, 0.4) is 0 Å². The predicted octanol–water partition coefficient (Wildman–Crippen LogP) is 2.32. The van der Waals surface area contributed by atoms with Crippen molar-refractivity contribution in [3.63, 3.8) is 0 Å². The van der Waals surface area contributed by atoms with Gasteiger partial charge in [-0.2, -0.15) is 0 Å². The molecule has 3 nitrogen and oxygen atoms in total. The molecule has 2 N–H and O–H groups in total. The summed E-state index contributed by atoms with van der Waals surface area (Å²) < 4.78 is 0. The summed E-state index contributed by atoms with van der Waals surface area (Å²) in [4.78, 5) is 12.3. The summed E-state index contributed by atoms with van der Waals surface area (Å²) in [5.74, 6) is 2.14. The summed E-state index contributed by atoms with van der Waals surface area (Å²) in [7, 11) is 0. The van der Waals surface area contributed by atoms with E-state index in [9.17, 15) is 4.79 Å². The Hall–Kier alpha value is -0.570. The van der Waals surface area contributed by atoms with E-state index in [1.807, 2.05) is 0 Å². The van der Waals surface area contributed by atoms with Crippen molar-refractivity contribution >= 4 is 5.91 Å². The van der Waals surface area contributed by atoms with Crippen LogP contribution < -0.4 is 10.6 Å². The molecular weight excluding hydrogens is 224 g/mol. The first-order valence-corrected chi connectivity index (χ1v) is 7.67. The van der Waals surface area contributed by atoms with Crippen molar-refractivity contribution in [2.45, 2.75) is 65.0 Å². The van der Waals surface area contributed by atoms with Crippen LogP contribution in [0, 0.1) is 17.8 Å². The fourth-order valence-electron chi connectivity index (χ4n) is 3.70. The van der Waals surface area contributed by atoms with Gasteiger partial charge >= 0.3 is 0 Å². The quantitative estimate of drug-likeness (QED) is 0.809. The van der Waals surface area contributed by atoms with E-state index in [0.29, 0.717) is 17.9 Å². The number of rotatable bonds is 3. The highest BCUT2D eigenvalue weighted by Crippen LogP contribution is 2.34. The topological polar surface area (TPSA) is 41.1 Å². The van der Waals surface area contributed by atoms with Crippen molar-refractivity contribution in [2.75, 3.05) is 6.54 Å². The minimum absolute atomic E-state index is 0.0339. The van der Waals surface area contributed by atoms with Gasteiger partial charge in [-0.15, -0.1) is 0 Å². The lowest BCUT2D eigenvalue weighted by atomic mass is 9.90. The number of carbonyl (C=O) groups excluding carboxylic acids is 1. The third kappa shape index (κ3) is 2.87. The van der Waals surface area contributed by atoms with Crippen LogP contribution in [0.15, 0.2) is 0 Å². The second-order valence-corrected chi connectivity index (χ2v) is 6.27. The molecule has 3 heteroatoms. The molecule has 1 aliphatic carbocycles. The molecule has 104 valence electrons. The molecule has 0 spiro atoms. The molecule has 1 saturated carbocycles. The van der Waals surface area contributed by atoms with E-state index < -0.39 is 0 Å². The van der Waals surface area contributed by atoms with Gasteiger partial charge in [0.1, 0.15) is 0 Å². The molecule has 0 aromatic carbocycles. The van der Waals surface area contributed by atoms with Gasteiger partial charge in [-0.3, -0.25) is 4.79 Å². The summed E-state index contributed by atoms with van der Waals surface area (Å²) in [6.45, 7) is 7.73. The van der Waals surface area contributed by atoms with E-state index in [1.54, 1.807) is 0 Å². The zero-order valence-electron chi connectivity index (χ0n) is 12.0. The van der Waals surface area contributed by atoms with E-state index >= 15 is 0 Å². The zero-order chi connectivity index (χ0) is 13.1. The Kier molecular flexibility index (Phi) is 4.66. The maximum absolute atomic E-state index is 12.3. The van der Waals surface area contributed by atoms with Crippen molar-refractivity contribution in [1.29, 1.82) is 0 Å². The molecule has 0 aromatic rings. The maximum Gasteiger partial charge on any atom is 0.237 e. The van der Waals surface area contributed by atoms with Crippen LogP contribution in [0.1, 0.15) is 52.9 Å². The fourth-order valence-corrected chi connectivity index (χ4v) is 3.70. The number of hydrogen-bond donors (Lipinski definition) is 2. The van der Waals surface area contributed by atoms with E-state index in [2.05, 4.69) is 31.4 Å². The molecule has 1 amide bonds. The second kappa shape index (κ2) is 6.05. The van der Waals surface area contributed by atoms with Gasteiger partial charge in [0, 0.05) is 6.04 Å². The SMILES string of the molecule is CCC1CCC(NC(=O)C2NCCCC2C)C1C. The first kappa shape index (κ1) is 13.9. The lowest BCUT2D eigenvalue weighted by Gasteiger charge is -2.31. The Morgan fingerprint density at radius 1 is 1.28 bits per heavy atom. The molecular formula is C15H28N2O. The Balaban J connectivity index is 1.87. The predicted molar refractivity (Wildman–Crippen MR) is 74.3 cm³/mol. The lowest BCUT2D eigenvalue weighted by molar-refractivity contribution is -0.125. The Morgan fingerprint density at radius 2 is 2.06 bits per heavy atom. The highest BCUT2D eigenvalue weighted by molar-refractivity contribution is 5.82. The lowest BCUT2D eigenvalue weighted by Crippen LogP contribution is -2.53. The number of amides is 1. The molecule has 5 atom stereocenters. The molecule has 0 bridgehead atoms. The van der Waals surface area contributed by atoms with Crippen LogP contribution in [-0.2, 0) is 4.79 Å². The third-order valence-corrected chi connectivity index (χ3v) is 5.13. The molecule has 0 radical (unpaired) electrons. The molecule has 2 rings (SSSR count). The minimum atomic E-state index is 0.0339. The summed E-state index contributed by atoms with van der Waals surface area (Å²) in [5.41, 5.74) is 0. The highest BCUT2D eigenvalue weighted by Gasteiger charge is 2.35. The first-order chi connectivity index (χ1) is 8.63. The molecule has 0 aromatic heterocycles. The van der Waals surface area contributed by atoms with Gasteiger partial charge in [0.2, 0.25) is 5.91 Å².